The molecule has 1 aliphatic carbocycles. The molecule has 1 aromatic carbocycles. The monoisotopic (exact) mass is 342 g/mol. The largest absolute Gasteiger partial charge is 0.491 e. The zero-order chi connectivity index (χ0) is 17.4. The molecule has 0 spiro atoms. The molecule has 134 valence electrons. The van der Waals surface area contributed by atoms with Crippen LogP contribution in [-0.2, 0) is 16.1 Å². The summed E-state index contributed by atoms with van der Waals surface area (Å²) in [4.78, 5) is 29.7. The van der Waals surface area contributed by atoms with E-state index in [1.807, 2.05) is 34.1 Å². The van der Waals surface area contributed by atoms with Gasteiger partial charge in [-0.3, -0.25) is 9.59 Å². The van der Waals surface area contributed by atoms with Crippen molar-refractivity contribution in [1.29, 1.82) is 0 Å². The first kappa shape index (κ1) is 16.4. The van der Waals surface area contributed by atoms with Gasteiger partial charge in [0.15, 0.2) is 0 Å². The van der Waals surface area contributed by atoms with Crippen molar-refractivity contribution < 1.29 is 14.3 Å². The third-order valence-electron chi connectivity index (χ3n) is 5.76. The number of carbonyl (C=O) groups is 2. The minimum absolute atomic E-state index is 0.0849. The number of piperidine rings is 1. The molecule has 1 aromatic rings. The molecule has 0 aromatic heterocycles. The van der Waals surface area contributed by atoms with E-state index >= 15 is 0 Å². The number of likely N-dealkylation sites (tertiary alicyclic amines) is 1. The van der Waals surface area contributed by atoms with Crippen molar-refractivity contribution in [2.24, 2.45) is 11.8 Å². The van der Waals surface area contributed by atoms with Crippen molar-refractivity contribution in [3.8, 4) is 5.75 Å². The van der Waals surface area contributed by atoms with Crippen molar-refractivity contribution >= 4 is 11.8 Å². The molecule has 1 saturated heterocycles. The molecular weight excluding hydrogens is 316 g/mol. The molecule has 0 unspecified atom stereocenters. The molecule has 2 amide bonds. The number of ether oxygens (including phenoxy) is 1. The molecular formula is C20H26N2O3. The maximum Gasteiger partial charge on any atom is 0.245 e. The van der Waals surface area contributed by atoms with Gasteiger partial charge in [-0.15, -0.1) is 0 Å². The fraction of sp³-hybridized carbons (Fsp3) is 0.600. The molecule has 2 aliphatic heterocycles. The van der Waals surface area contributed by atoms with Crippen LogP contribution >= 0.6 is 0 Å². The van der Waals surface area contributed by atoms with Crippen LogP contribution in [0.25, 0.3) is 0 Å². The number of hydrogen-bond acceptors (Lipinski definition) is 3. The zero-order valence-corrected chi connectivity index (χ0v) is 14.8. The van der Waals surface area contributed by atoms with Gasteiger partial charge in [0, 0.05) is 24.6 Å². The molecule has 25 heavy (non-hydrogen) atoms. The maximum absolute atomic E-state index is 13.2. The molecule has 3 aliphatic rings. The van der Waals surface area contributed by atoms with Crippen LogP contribution in [0, 0.1) is 11.8 Å². The summed E-state index contributed by atoms with van der Waals surface area (Å²) in [5.74, 6) is 1.75. The molecule has 0 radical (unpaired) electrons. The second-order valence-electron chi connectivity index (χ2n) is 7.58. The minimum atomic E-state index is -0.292. The zero-order valence-electron chi connectivity index (χ0n) is 14.8. The van der Waals surface area contributed by atoms with E-state index in [4.69, 9.17) is 4.74 Å². The molecule has 0 N–H and O–H groups in total. The van der Waals surface area contributed by atoms with Crippen molar-refractivity contribution in [2.75, 3.05) is 19.7 Å². The van der Waals surface area contributed by atoms with Gasteiger partial charge in [0.05, 0.1) is 6.54 Å². The molecule has 1 saturated carbocycles. The lowest BCUT2D eigenvalue weighted by Crippen LogP contribution is -2.53. The van der Waals surface area contributed by atoms with E-state index in [1.54, 1.807) is 0 Å². The highest BCUT2D eigenvalue weighted by molar-refractivity contribution is 5.90. The van der Waals surface area contributed by atoms with Gasteiger partial charge in [-0.2, -0.15) is 0 Å². The lowest BCUT2D eigenvalue weighted by atomic mass is 9.99. The third-order valence-corrected chi connectivity index (χ3v) is 5.76. The standard InChI is InChI=1S/C20H26N2O3/c1-14-12-16(14)19(23)22-9-5-4-7-17(22)20(24)21-10-11-25-18-8-3-2-6-15(18)13-21/h2-3,6,8,14,16-17H,4-5,7,9-13H2,1H3/t14-,16+,17-/m1/s1. The highest BCUT2D eigenvalue weighted by atomic mass is 16.5. The van der Waals surface area contributed by atoms with E-state index in [-0.39, 0.29) is 23.8 Å². The Morgan fingerprint density at radius 3 is 2.72 bits per heavy atom. The smallest absolute Gasteiger partial charge is 0.245 e. The number of amides is 2. The lowest BCUT2D eigenvalue weighted by molar-refractivity contribution is -0.149. The minimum Gasteiger partial charge on any atom is -0.491 e. The topological polar surface area (TPSA) is 49.9 Å². The Morgan fingerprint density at radius 1 is 1.12 bits per heavy atom. The van der Waals surface area contributed by atoms with Gasteiger partial charge in [-0.05, 0) is 37.7 Å². The Labute approximate surface area is 148 Å². The second-order valence-corrected chi connectivity index (χ2v) is 7.58. The number of para-hydroxylation sites is 1. The van der Waals surface area contributed by atoms with Crippen LogP contribution in [0.3, 0.4) is 0 Å². The van der Waals surface area contributed by atoms with Crippen LogP contribution in [-0.4, -0.2) is 47.4 Å². The van der Waals surface area contributed by atoms with Crippen molar-refractivity contribution in [3.63, 3.8) is 0 Å². The Kier molecular flexibility index (Phi) is 4.40. The number of benzene rings is 1. The number of hydrogen-bond donors (Lipinski definition) is 0. The van der Waals surface area contributed by atoms with Crippen molar-refractivity contribution in [1.82, 2.24) is 9.80 Å². The third kappa shape index (κ3) is 3.24. The van der Waals surface area contributed by atoms with Gasteiger partial charge in [0.2, 0.25) is 11.8 Å². The Hall–Kier alpha value is -2.04. The van der Waals surface area contributed by atoms with Gasteiger partial charge in [-0.25, -0.2) is 0 Å². The van der Waals surface area contributed by atoms with Crippen LogP contribution < -0.4 is 4.74 Å². The lowest BCUT2D eigenvalue weighted by Gasteiger charge is -2.37. The summed E-state index contributed by atoms with van der Waals surface area (Å²) in [6, 6.07) is 7.60. The summed E-state index contributed by atoms with van der Waals surface area (Å²) in [7, 11) is 0. The molecule has 2 heterocycles. The van der Waals surface area contributed by atoms with E-state index in [0.717, 1.165) is 43.5 Å². The Bertz CT molecular complexity index is 675. The quantitative estimate of drug-likeness (QED) is 0.829. The normalized spacial score (nSPS) is 28.6. The van der Waals surface area contributed by atoms with Crippen molar-refractivity contribution in [2.45, 2.75) is 45.2 Å². The van der Waals surface area contributed by atoms with Crippen LogP contribution in [0.15, 0.2) is 24.3 Å². The highest BCUT2D eigenvalue weighted by Crippen LogP contribution is 2.40. The summed E-state index contributed by atoms with van der Waals surface area (Å²) < 4.78 is 5.78. The number of carbonyl (C=O) groups excluding carboxylic acids is 2. The predicted molar refractivity (Wildman–Crippen MR) is 94.0 cm³/mol. The SMILES string of the molecule is C[C@@H]1C[C@@H]1C(=O)N1CCCC[C@@H]1C(=O)N1CCOc2ccccc2C1. The van der Waals surface area contributed by atoms with Crippen LogP contribution in [0.5, 0.6) is 5.75 Å². The average molecular weight is 342 g/mol. The molecule has 5 heteroatoms. The first-order chi connectivity index (χ1) is 12.1. The van der Waals surface area contributed by atoms with Gasteiger partial charge in [0.1, 0.15) is 18.4 Å². The van der Waals surface area contributed by atoms with Gasteiger partial charge in [0.25, 0.3) is 0 Å². The number of nitrogens with zero attached hydrogens (tertiary/aromatic N) is 2. The van der Waals surface area contributed by atoms with Gasteiger partial charge in [-0.1, -0.05) is 25.1 Å². The Morgan fingerprint density at radius 2 is 1.92 bits per heavy atom. The summed E-state index contributed by atoms with van der Waals surface area (Å²) in [6.07, 6.45) is 3.77. The van der Waals surface area contributed by atoms with Crippen LogP contribution in [0.2, 0.25) is 0 Å². The Balaban J connectivity index is 1.51. The number of fused-ring (bicyclic) bond motifs is 1. The van der Waals surface area contributed by atoms with Crippen LogP contribution in [0.4, 0.5) is 0 Å². The van der Waals surface area contributed by atoms with Crippen molar-refractivity contribution in [3.05, 3.63) is 29.8 Å². The molecule has 5 nitrogen and oxygen atoms in total. The molecule has 4 rings (SSSR count). The summed E-state index contributed by atoms with van der Waals surface area (Å²) >= 11 is 0. The second kappa shape index (κ2) is 6.70. The first-order valence-corrected chi connectivity index (χ1v) is 9.45. The summed E-state index contributed by atoms with van der Waals surface area (Å²) in [6.45, 7) is 4.48. The van der Waals surface area contributed by atoms with E-state index in [1.165, 1.54) is 0 Å². The van der Waals surface area contributed by atoms with Gasteiger partial charge < -0.3 is 14.5 Å². The van der Waals surface area contributed by atoms with E-state index in [0.29, 0.717) is 25.6 Å². The average Bonchev–Trinajstić information content (AvgIpc) is 3.41. The van der Waals surface area contributed by atoms with Crippen LogP contribution in [0.1, 0.15) is 38.2 Å². The summed E-state index contributed by atoms with van der Waals surface area (Å²) in [5.41, 5.74) is 1.04. The highest BCUT2D eigenvalue weighted by Gasteiger charge is 2.45. The molecule has 0 bridgehead atoms. The van der Waals surface area contributed by atoms with E-state index < -0.39 is 0 Å². The predicted octanol–water partition coefficient (Wildman–Crippen LogP) is 2.44. The fourth-order valence-electron chi connectivity index (χ4n) is 4.06. The fourth-order valence-corrected chi connectivity index (χ4v) is 4.06. The number of rotatable bonds is 2. The van der Waals surface area contributed by atoms with Gasteiger partial charge >= 0.3 is 0 Å². The summed E-state index contributed by atoms with van der Waals surface area (Å²) in [5, 5.41) is 0. The van der Waals surface area contributed by atoms with E-state index in [9.17, 15) is 9.59 Å². The molecule has 3 atom stereocenters. The maximum atomic E-state index is 13.2. The first-order valence-electron chi connectivity index (χ1n) is 9.45. The molecule has 2 fully saturated rings. The van der Waals surface area contributed by atoms with E-state index in [2.05, 4.69) is 6.92 Å².